The second kappa shape index (κ2) is 10.4. The molecule has 1 aromatic heterocycles. The molecule has 0 radical (unpaired) electrons. The average molecular weight is 531 g/mol. The molecule has 34 heavy (non-hydrogen) atoms. The van der Waals surface area contributed by atoms with E-state index in [4.69, 9.17) is 19.7 Å². The summed E-state index contributed by atoms with van der Waals surface area (Å²) in [6.07, 6.45) is -5.81. The maximum Gasteiger partial charge on any atom is 0.483 e. The first-order chi connectivity index (χ1) is 15.7. The SMILES string of the molecule is Cc1cn([C@H]2C[C@H](O)[C@@H](COP(=O)(O)OP(=O)(O)OC3C[C@H](N)[C@H](O)[C@H](C)O3)O2)c(=O)[nH]c1=O. The molecule has 3 unspecified atom stereocenters. The van der Waals surface area contributed by atoms with Gasteiger partial charge in [0.15, 0.2) is 6.29 Å². The van der Waals surface area contributed by atoms with Crippen LogP contribution in [-0.2, 0) is 32.0 Å². The molecule has 0 amide bonds. The third-order valence-electron chi connectivity index (χ3n) is 5.27. The molecule has 0 saturated carbocycles. The van der Waals surface area contributed by atoms with Crippen molar-refractivity contribution in [1.29, 1.82) is 0 Å². The van der Waals surface area contributed by atoms with Crippen molar-refractivity contribution in [2.24, 2.45) is 5.73 Å². The van der Waals surface area contributed by atoms with E-state index in [0.29, 0.717) is 0 Å². The van der Waals surface area contributed by atoms with E-state index < -0.39 is 76.5 Å². The van der Waals surface area contributed by atoms with Gasteiger partial charge in [0.05, 0.1) is 24.9 Å². The van der Waals surface area contributed by atoms with Crippen molar-refractivity contribution in [2.45, 2.75) is 69.7 Å². The number of phosphoric acid groups is 2. The highest BCUT2D eigenvalue weighted by Gasteiger charge is 2.43. The van der Waals surface area contributed by atoms with Crippen molar-refractivity contribution in [3.05, 3.63) is 32.6 Å². The molecule has 2 aliphatic heterocycles. The summed E-state index contributed by atoms with van der Waals surface area (Å²) >= 11 is 0. The van der Waals surface area contributed by atoms with Crippen molar-refractivity contribution in [3.63, 3.8) is 0 Å². The van der Waals surface area contributed by atoms with Crippen molar-refractivity contribution in [2.75, 3.05) is 6.61 Å². The summed E-state index contributed by atoms with van der Waals surface area (Å²) < 4.78 is 49.6. The Hall–Kier alpha value is -1.26. The highest BCUT2D eigenvalue weighted by molar-refractivity contribution is 7.61. The van der Waals surface area contributed by atoms with Gasteiger partial charge in [0.1, 0.15) is 12.3 Å². The lowest BCUT2D eigenvalue weighted by Crippen LogP contribution is -2.51. The summed E-state index contributed by atoms with van der Waals surface area (Å²) in [6, 6.07) is -0.835. The summed E-state index contributed by atoms with van der Waals surface area (Å²) in [4.78, 5) is 45.2. The summed E-state index contributed by atoms with van der Waals surface area (Å²) in [6.45, 7) is 2.16. The molecular formula is C16H27N3O13P2. The van der Waals surface area contributed by atoms with Crippen LogP contribution in [0.4, 0.5) is 0 Å². The second-order valence-corrected chi connectivity index (χ2v) is 11.0. The van der Waals surface area contributed by atoms with Crippen LogP contribution in [0.1, 0.15) is 31.6 Å². The third kappa shape index (κ3) is 6.69. The molecule has 1 aromatic rings. The van der Waals surface area contributed by atoms with Crippen LogP contribution in [-0.4, -0.2) is 72.9 Å². The van der Waals surface area contributed by atoms with Gasteiger partial charge in [-0.15, -0.1) is 0 Å². The number of ether oxygens (including phenoxy) is 2. The van der Waals surface area contributed by atoms with Gasteiger partial charge in [-0.05, 0) is 13.8 Å². The zero-order valence-electron chi connectivity index (χ0n) is 18.1. The minimum Gasteiger partial charge on any atom is -0.390 e. The van der Waals surface area contributed by atoms with E-state index in [9.17, 15) is 38.7 Å². The van der Waals surface area contributed by atoms with Gasteiger partial charge in [-0.25, -0.2) is 13.9 Å². The molecule has 2 aliphatic rings. The summed E-state index contributed by atoms with van der Waals surface area (Å²) in [5, 5.41) is 19.9. The number of hydrogen-bond donors (Lipinski definition) is 6. The van der Waals surface area contributed by atoms with Crippen molar-refractivity contribution in [1.82, 2.24) is 9.55 Å². The van der Waals surface area contributed by atoms with Crippen LogP contribution in [0.5, 0.6) is 0 Å². The molecule has 9 atom stereocenters. The first-order valence-electron chi connectivity index (χ1n) is 10.1. The monoisotopic (exact) mass is 531 g/mol. The van der Waals surface area contributed by atoms with Crippen LogP contribution in [0, 0.1) is 6.92 Å². The van der Waals surface area contributed by atoms with Gasteiger partial charge in [0.25, 0.3) is 5.56 Å². The largest absolute Gasteiger partial charge is 0.483 e. The van der Waals surface area contributed by atoms with Gasteiger partial charge in [0, 0.05) is 30.6 Å². The van der Waals surface area contributed by atoms with Gasteiger partial charge in [-0.3, -0.25) is 23.4 Å². The number of nitrogens with zero attached hydrogens (tertiary/aromatic N) is 1. The minimum absolute atomic E-state index is 0.110. The maximum atomic E-state index is 12.2. The van der Waals surface area contributed by atoms with Gasteiger partial charge < -0.3 is 35.2 Å². The predicted molar refractivity (Wildman–Crippen MR) is 111 cm³/mol. The smallest absolute Gasteiger partial charge is 0.390 e. The standard InChI is InChI=1S/C16H27N3O13P2/c1-7-5-19(16(23)18-15(7)22)12-4-10(20)11(30-12)6-28-33(24,25)32-34(26,27)31-13-3-9(17)14(21)8(2)29-13/h5,8-14,20-21H,3-4,6,17H2,1-2H3,(H,24,25)(H,26,27)(H,18,22,23)/t8-,9-,10-,11+,12+,13?,14+/m0/s1. The normalized spacial score (nSPS) is 35.6. The van der Waals surface area contributed by atoms with Crippen LogP contribution in [0.2, 0.25) is 0 Å². The Balaban J connectivity index is 1.56. The molecule has 7 N–H and O–H groups in total. The van der Waals surface area contributed by atoms with E-state index in [1.165, 1.54) is 20.0 Å². The molecule has 0 bridgehead atoms. The molecule has 3 rings (SSSR count). The number of nitrogens with two attached hydrogens (primary N) is 1. The number of aliphatic hydroxyl groups excluding tert-OH is 2. The van der Waals surface area contributed by atoms with E-state index in [0.717, 1.165) is 4.57 Å². The molecule has 16 nitrogen and oxygen atoms in total. The maximum absolute atomic E-state index is 12.2. The number of aryl methyl sites for hydroxylation is 1. The first kappa shape index (κ1) is 27.3. The summed E-state index contributed by atoms with van der Waals surface area (Å²) in [5.41, 5.74) is 4.54. The topological polar surface area (TPSA) is 242 Å². The highest BCUT2D eigenvalue weighted by atomic mass is 31.3. The zero-order valence-corrected chi connectivity index (χ0v) is 19.9. The number of aliphatic hydroxyl groups is 2. The van der Waals surface area contributed by atoms with E-state index in [1.807, 2.05) is 0 Å². The van der Waals surface area contributed by atoms with Gasteiger partial charge in [-0.1, -0.05) is 0 Å². The molecule has 0 aromatic carbocycles. The first-order valence-corrected chi connectivity index (χ1v) is 13.1. The molecule has 0 spiro atoms. The average Bonchev–Trinajstić information content (AvgIpc) is 3.06. The van der Waals surface area contributed by atoms with Gasteiger partial charge in [0.2, 0.25) is 0 Å². The van der Waals surface area contributed by atoms with E-state index in [-0.39, 0.29) is 18.4 Å². The molecule has 2 saturated heterocycles. The minimum atomic E-state index is -5.20. The molecule has 194 valence electrons. The quantitative estimate of drug-likeness (QED) is 0.211. The zero-order chi connectivity index (χ0) is 25.4. The second-order valence-electron chi connectivity index (χ2n) is 7.99. The van der Waals surface area contributed by atoms with Crippen LogP contribution in [0.15, 0.2) is 15.8 Å². The Morgan fingerprint density at radius 2 is 1.88 bits per heavy atom. The van der Waals surface area contributed by atoms with E-state index >= 15 is 0 Å². The molecule has 0 aliphatic carbocycles. The van der Waals surface area contributed by atoms with Crippen LogP contribution in [0.25, 0.3) is 0 Å². The Kier molecular flexibility index (Phi) is 8.35. The third-order valence-corrected chi connectivity index (χ3v) is 7.90. The van der Waals surface area contributed by atoms with Crippen molar-refractivity contribution < 1.29 is 52.0 Å². The van der Waals surface area contributed by atoms with E-state index in [2.05, 4.69) is 13.8 Å². The number of hydrogen-bond acceptors (Lipinski definition) is 12. The van der Waals surface area contributed by atoms with Crippen LogP contribution < -0.4 is 17.0 Å². The fourth-order valence-corrected chi connectivity index (χ4v) is 5.63. The van der Waals surface area contributed by atoms with Crippen LogP contribution in [0.3, 0.4) is 0 Å². The number of H-pyrrole nitrogens is 1. The summed E-state index contributed by atoms with van der Waals surface area (Å²) in [7, 11) is -10.4. The Bertz CT molecular complexity index is 1080. The van der Waals surface area contributed by atoms with Gasteiger partial charge in [-0.2, -0.15) is 4.31 Å². The predicted octanol–water partition coefficient (Wildman–Crippen LogP) is -1.43. The lowest BCUT2D eigenvalue weighted by molar-refractivity contribution is -0.191. The number of rotatable bonds is 8. The van der Waals surface area contributed by atoms with E-state index in [1.54, 1.807) is 0 Å². The Morgan fingerprint density at radius 3 is 2.53 bits per heavy atom. The summed E-state index contributed by atoms with van der Waals surface area (Å²) in [5.74, 6) is 0. The number of aromatic nitrogens is 2. The Labute approximate surface area is 192 Å². The lowest BCUT2D eigenvalue weighted by Gasteiger charge is -2.36. The fourth-order valence-electron chi connectivity index (χ4n) is 3.48. The number of aromatic amines is 1. The van der Waals surface area contributed by atoms with Gasteiger partial charge >= 0.3 is 21.3 Å². The number of phosphoric ester groups is 2. The Morgan fingerprint density at radius 1 is 1.21 bits per heavy atom. The van der Waals surface area contributed by atoms with Crippen molar-refractivity contribution in [3.8, 4) is 0 Å². The fraction of sp³-hybridized carbons (Fsp3) is 0.750. The molecule has 18 heteroatoms. The van der Waals surface area contributed by atoms with Crippen LogP contribution >= 0.6 is 15.6 Å². The lowest BCUT2D eigenvalue weighted by atomic mass is 10.0. The molecule has 3 heterocycles. The molecule has 2 fully saturated rings. The highest BCUT2D eigenvalue weighted by Crippen LogP contribution is 2.61. The number of nitrogens with one attached hydrogen (secondary N) is 1. The van der Waals surface area contributed by atoms with Crippen molar-refractivity contribution >= 4 is 15.6 Å². The molecular weight excluding hydrogens is 504 g/mol.